The minimum absolute atomic E-state index is 0.851. The Labute approximate surface area is 131 Å². The molecule has 23 heavy (non-hydrogen) atoms. The Kier molecular flexibility index (Phi) is 5.76. The lowest BCUT2D eigenvalue weighted by Gasteiger charge is -2.37. The molecule has 2 unspecified atom stereocenters. The first kappa shape index (κ1) is 21.1. The average molecular weight is 354 g/mol. The number of hydrogen-bond donors (Lipinski definition) is 5. The van der Waals surface area contributed by atoms with Crippen molar-refractivity contribution in [1.82, 2.24) is 0 Å². The third-order valence-corrected chi connectivity index (χ3v) is 6.89. The lowest BCUT2D eigenvalue weighted by molar-refractivity contribution is -0.154. The van der Waals surface area contributed by atoms with Gasteiger partial charge in [-0.05, 0) is 27.7 Å². The van der Waals surface area contributed by atoms with E-state index in [1.807, 2.05) is 0 Å². The first-order chi connectivity index (χ1) is 10.0. The van der Waals surface area contributed by atoms with Crippen LogP contribution >= 0.6 is 7.37 Å². The van der Waals surface area contributed by atoms with Gasteiger partial charge in [0, 0.05) is 0 Å². The number of aliphatic carboxylic acids is 4. The van der Waals surface area contributed by atoms with Gasteiger partial charge in [-0.2, -0.15) is 0 Å². The van der Waals surface area contributed by atoms with Crippen LogP contribution in [0, 0.1) is 10.8 Å². The summed E-state index contributed by atoms with van der Waals surface area (Å²) in [5.41, 5.74) is -9.63. The number of hydrogen-bond acceptors (Lipinski definition) is 5. The second-order valence-electron chi connectivity index (χ2n) is 6.21. The van der Waals surface area contributed by atoms with Crippen molar-refractivity contribution in [2.24, 2.45) is 10.8 Å². The van der Waals surface area contributed by atoms with Gasteiger partial charge in [0.1, 0.15) is 11.3 Å². The number of carboxylic acids is 4. The normalized spacial score (nSPS) is 17.6. The Morgan fingerprint density at radius 2 is 0.957 bits per heavy atom. The second kappa shape index (κ2) is 6.29. The predicted octanol–water partition coefficient (Wildman–Crippen LogP) is 0.385. The molecule has 132 valence electrons. The van der Waals surface area contributed by atoms with E-state index in [1.54, 1.807) is 0 Å². The van der Waals surface area contributed by atoms with Crippen LogP contribution in [-0.2, 0) is 23.7 Å². The molecule has 2 atom stereocenters. The summed E-state index contributed by atoms with van der Waals surface area (Å²) in [5, 5.41) is 36.6. The van der Waals surface area contributed by atoms with Gasteiger partial charge in [-0.15, -0.1) is 0 Å². The van der Waals surface area contributed by atoms with Gasteiger partial charge in [-0.25, -0.2) is 0 Å². The maximum Gasteiger partial charge on any atom is 0.317 e. The topological polar surface area (TPSA) is 186 Å². The van der Waals surface area contributed by atoms with E-state index in [2.05, 4.69) is 0 Å². The Bertz CT molecular complexity index is 543. The zero-order valence-electron chi connectivity index (χ0n) is 12.9. The van der Waals surface area contributed by atoms with E-state index in [-0.39, 0.29) is 0 Å². The third kappa shape index (κ3) is 3.70. The minimum atomic E-state index is -5.34. The highest BCUT2D eigenvalue weighted by atomic mass is 31.2. The molecule has 0 radical (unpaired) electrons. The molecule has 5 N–H and O–H groups in total. The molecule has 11 heteroatoms. The molecule has 10 nitrogen and oxygen atoms in total. The highest BCUT2D eigenvalue weighted by Gasteiger charge is 2.62. The van der Waals surface area contributed by atoms with Gasteiger partial charge >= 0.3 is 23.9 Å². The van der Waals surface area contributed by atoms with E-state index in [0.29, 0.717) is 0 Å². The Morgan fingerprint density at radius 3 is 1.09 bits per heavy atom. The first-order valence-corrected chi connectivity index (χ1v) is 8.06. The molecular formula is C12H19O10P. The van der Waals surface area contributed by atoms with Gasteiger partial charge in [0.15, 0.2) is 0 Å². The zero-order valence-corrected chi connectivity index (χ0v) is 13.8. The van der Waals surface area contributed by atoms with Crippen LogP contribution in [0.3, 0.4) is 0 Å². The van der Waals surface area contributed by atoms with Gasteiger partial charge in [0.25, 0.3) is 0 Å². The van der Waals surface area contributed by atoms with Crippen LogP contribution in [0.2, 0.25) is 0 Å². The fourth-order valence-electron chi connectivity index (χ4n) is 2.24. The molecule has 0 aromatic carbocycles. The summed E-state index contributed by atoms with van der Waals surface area (Å²) in [4.78, 5) is 55.4. The Hall–Kier alpha value is -1.93. The Morgan fingerprint density at radius 1 is 0.739 bits per heavy atom. The van der Waals surface area contributed by atoms with E-state index in [4.69, 9.17) is 10.2 Å². The fourth-order valence-corrected chi connectivity index (χ4v) is 5.24. The minimum Gasteiger partial charge on any atom is -0.481 e. The Balaban J connectivity index is 6.50. The molecule has 0 heterocycles. The van der Waals surface area contributed by atoms with Crippen molar-refractivity contribution < 1.29 is 49.1 Å². The molecular weight excluding hydrogens is 335 g/mol. The molecule has 0 rings (SSSR count). The molecule has 0 saturated heterocycles. The standard InChI is InChI=1S/C12H19O10P/c1-11(2,9(17)18)5(7(13)14)23(21,22)6(8(15)16)12(3,4)10(19)20/h5-6H,1-4H3,(H,13,14)(H,15,16)(H,17,18)(H,19,20)(H,21,22). The maximum absolute atomic E-state index is 12.7. The zero-order chi connectivity index (χ0) is 19.0. The summed E-state index contributed by atoms with van der Waals surface area (Å²) in [6, 6.07) is 0. The SMILES string of the molecule is CC(C)(C(=O)O)C(C(=O)O)P(=O)(O)C(C(=O)O)C(C)(C)C(=O)O. The van der Waals surface area contributed by atoms with Crippen LogP contribution in [0.15, 0.2) is 0 Å². The molecule has 0 bridgehead atoms. The largest absolute Gasteiger partial charge is 0.481 e. The van der Waals surface area contributed by atoms with Crippen LogP contribution < -0.4 is 0 Å². The van der Waals surface area contributed by atoms with Crippen LogP contribution in [0.1, 0.15) is 27.7 Å². The molecule has 0 amide bonds. The summed E-state index contributed by atoms with van der Waals surface area (Å²) in [6.07, 6.45) is 0. The molecule has 0 aliphatic heterocycles. The van der Waals surface area contributed by atoms with Crippen molar-refractivity contribution in [3.05, 3.63) is 0 Å². The smallest absolute Gasteiger partial charge is 0.317 e. The molecule has 0 aliphatic carbocycles. The lowest BCUT2D eigenvalue weighted by atomic mass is 9.88. The van der Waals surface area contributed by atoms with E-state index in [0.717, 1.165) is 27.7 Å². The van der Waals surface area contributed by atoms with Crippen LogP contribution in [0.25, 0.3) is 0 Å². The van der Waals surface area contributed by atoms with Gasteiger partial charge in [0.05, 0.1) is 10.8 Å². The lowest BCUT2D eigenvalue weighted by Crippen LogP contribution is -2.50. The number of carboxylic acid groups (broad SMARTS) is 4. The molecule has 0 fully saturated rings. The monoisotopic (exact) mass is 354 g/mol. The molecule has 0 saturated carbocycles. The summed E-state index contributed by atoms with van der Waals surface area (Å²) in [6.45, 7) is 3.40. The van der Waals surface area contributed by atoms with E-state index in [1.165, 1.54) is 0 Å². The predicted molar refractivity (Wildman–Crippen MR) is 75.5 cm³/mol. The van der Waals surface area contributed by atoms with Crippen molar-refractivity contribution in [2.75, 3.05) is 0 Å². The van der Waals surface area contributed by atoms with Crippen molar-refractivity contribution in [1.29, 1.82) is 0 Å². The van der Waals surface area contributed by atoms with Gasteiger partial charge < -0.3 is 25.3 Å². The van der Waals surface area contributed by atoms with E-state index >= 15 is 0 Å². The molecule has 0 aliphatic rings. The maximum atomic E-state index is 12.7. The van der Waals surface area contributed by atoms with Crippen molar-refractivity contribution in [3.63, 3.8) is 0 Å². The highest BCUT2D eigenvalue weighted by molar-refractivity contribution is 7.61. The van der Waals surface area contributed by atoms with Gasteiger partial charge in [-0.3, -0.25) is 23.7 Å². The quantitative estimate of drug-likeness (QED) is 0.381. The number of carbonyl (C=O) groups is 4. The summed E-state index contributed by atoms with van der Waals surface area (Å²) < 4.78 is 12.7. The third-order valence-electron chi connectivity index (χ3n) is 3.68. The average Bonchev–Trinajstić information content (AvgIpc) is 2.24. The second-order valence-corrected chi connectivity index (χ2v) is 8.59. The van der Waals surface area contributed by atoms with Crippen LogP contribution in [-0.4, -0.2) is 60.5 Å². The van der Waals surface area contributed by atoms with Crippen molar-refractivity contribution in [3.8, 4) is 0 Å². The highest BCUT2D eigenvalue weighted by Crippen LogP contribution is 2.61. The van der Waals surface area contributed by atoms with Crippen LogP contribution in [0.5, 0.6) is 0 Å². The molecule has 0 aromatic heterocycles. The molecule has 0 aromatic rings. The van der Waals surface area contributed by atoms with E-state index in [9.17, 15) is 38.8 Å². The van der Waals surface area contributed by atoms with Gasteiger partial charge in [-0.1, -0.05) is 0 Å². The fraction of sp³-hybridized carbons (Fsp3) is 0.667. The number of rotatable bonds is 8. The van der Waals surface area contributed by atoms with E-state index < -0.39 is 53.4 Å². The first-order valence-electron chi connectivity index (χ1n) is 6.26. The van der Waals surface area contributed by atoms with Crippen molar-refractivity contribution >= 4 is 31.2 Å². The van der Waals surface area contributed by atoms with Crippen LogP contribution in [0.4, 0.5) is 0 Å². The summed E-state index contributed by atoms with van der Waals surface area (Å²) in [7, 11) is -5.34. The van der Waals surface area contributed by atoms with Crippen molar-refractivity contribution in [2.45, 2.75) is 39.0 Å². The molecule has 0 spiro atoms. The summed E-state index contributed by atoms with van der Waals surface area (Å²) in [5.74, 6) is -7.49. The summed E-state index contributed by atoms with van der Waals surface area (Å²) >= 11 is 0. The van der Waals surface area contributed by atoms with Gasteiger partial charge in [0.2, 0.25) is 7.37 Å².